The average molecular weight is 608 g/mol. The minimum absolute atomic E-state index is 0. The number of aliphatic hydroxyl groups excluding tert-OH is 10. The van der Waals surface area contributed by atoms with Crippen molar-refractivity contribution in [3.8, 4) is 0 Å². The van der Waals surface area contributed by atoms with E-state index in [1.54, 1.807) is 14.1 Å². The summed E-state index contributed by atoms with van der Waals surface area (Å²) in [6.45, 7) is -1.49. The van der Waals surface area contributed by atoms with Crippen LogP contribution in [0, 0.1) is 0 Å². The first-order chi connectivity index (χ1) is 14.6. The first-order valence-corrected chi connectivity index (χ1v) is 10.9. The molecule has 17 heteroatoms. The molecule has 0 spiro atoms. The quantitative estimate of drug-likeness (QED) is 0.0571. The molecule has 12 nitrogen and oxygen atoms in total. The van der Waals surface area contributed by atoms with Crippen LogP contribution in [0.2, 0.25) is 0 Å². The zero-order valence-corrected chi connectivity index (χ0v) is 24.6. The number of hydrogen-bond donors (Lipinski definition) is 12. The molecule has 0 aliphatic heterocycles. The molecule has 0 aliphatic carbocycles. The summed E-state index contributed by atoms with van der Waals surface area (Å²) >= 11 is 17.1. The van der Waals surface area contributed by atoms with Crippen LogP contribution >= 0.6 is 49.7 Å². The number of nitrogens with zero attached hydrogens (tertiary/aromatic N) is 2. The van der Waals surface area contributed by atoms with Gasteiger partial charge < -0.3 is 60.9 Å². The fourth-order valence-electron chi connectivity index (χ4n) is 2.06. The minimum Gasteiger partial charge on any atom is -0.394 e. The van der Waals surface area contributed by atoms with Gasteiger partial charge >= 0.3 is 19.5 Å². The molecule has 10 N–H and O–H groups in total. The van der Waals surface area contributed by atoms with Crippen molar-refractivity contribution in [2.75, 3.05) is 40.4 Å². The molecule has 0 radical (unpaired) electrons. The summed E-state index contributed by atoms with van der Waals surface area (Å²) in [4.78, 5) is 2.79. The van der Waals surface area contributed by atoms with E-state index in [2.05, 4.69) is 25.3 Å². The van der Waals surface area contributed by atoms with Crippen LogP contribution in [-0.4, -0.2) is 159 Å². The number of likely N-dealkylation sites (N-methyl/N-ethyl adjacent to an activating group) is 2. The van der Waals surface area contributed by atoms with Gasteiger partial charge in [0.1, 0.15) is 45.3 Å². The average Bonchev–Trinajstić information content (AvgIpc) is 2.75. The maximum atomic E-state index is 9.51. The molecule has 8 unspecified atom stereocenters. The van der Waals surface area contributed by atoms with Gasteiger partial charge in [0.2, 0.25) is 0 Å². The van der Waals surface area contributed by atoms with Gasteiger partial charge in [-0.1, -0.05) is 24.4 Å². The van der Waals surface area contributed by atoms with Crippen LogP contribution in [0.5, 0.6) is 0 Å². The summed E-state index contributed by atoms with van der Waals surface area (Å²) in [7, 11) is 3.11. The first kappa shape index (κ1) is 38.2. The predicted molar refractivity (Wildman–Crippen MR) is 131 cm³/mol. The SMILES string of the molecule is CN(CC(O)C(O)C(O)C(O)CO)C(=S)S.CN(CC(O)C(O)C(O)C(O)CO)C(=S)S.[Zn+2]. The molecule has 8 atom stereocenters. The Bertz CT molecular complexity index is 513. The molecule has 33 heavy (non-hydrogen) atoms. The molecule has 0 aliphatic rings. The van der Waals surface area contributed by atoms with E-state index in [0.717, 1.165) is 0 Å². The second-order valence-electron chi connectivity index (χ2n) is 6.92. The van der Waals surface area contributed by atoms with Crippen molar-refractivity contribution >= 4 is 58.3 Å². The fraction of sp³-hybridized carbons (Fsp3) is 0.875. The normalized spacial score (nSPS) is 18.1. The van der Waals surface area contributed by atoms with Crippen LogP contribution in [0.4, 0.5) is 0 Å². The van der Waals surface area contributed by atoms with Crippen LogP contribution in [0.25, 0.3) is 0 Å². The number of hydrogen-bond acceptors (Lipinski definition) is 12. The minimum atomic E-state index is -1.62. The molecule has 0 amide bonds. The molecular formula is C16H34N2O10S4Zn+2. The van der Waals surface area contributed by atoms with Gasteiger partial charge in [0.05, 0.1) is 25.4 Å². The summed E-state index contributed by atoms with van der Waals surface area (Å²) in [5.41, 5.74) is 0. The van der Waals surface area contributed by atoms with E-state index in [0.29, 0.717) is 0 Å². The smallest absolute Gasteiger partial charge is 0.394 e. The first-order valence-electron chi connectivity index (χ1n) is 9.16. The van der Waals surface area contributed by atoms with E-state index in [4.69, 9.17) is 44.9 Å². The zero-order chi connectivity index (χ0) is 25.8. The largest absolute Gasteiger partial charge is 2.00 e. The topological polar surface area (TPSA) is 209 Å². The van der Waals surface area contributed by atoms with Gasteiger partial charge in [0, 0.05) is 27.2 Å². The number of rotatable bonds is 12. The molecule has 0 aromatic carbocycles. The monoisotopic (exact) mass is 606 g/mol. The second-order valence-corrected chi connectivity index (χ2v) is 9.15. The summed E-state index contributed by atoms with van der Waals surface area (Å²) in [5.74, 6) is 0. The van der Waals surface area contributed by atoms with Crippen LogP contribution in [0.1, 0.15) is 0 Å². The molecular weight excluding hydrogens is 574 g/mol. The summed E-state index contributed by atoms with van der Waals surface area (Å²) in [6, 6.07) is 0. The van der Waals surface area contributed by atoms with Crippen LogP contribution < -0.4 is 0 Å². The van der Waals surface area contributed by atoms with Crippen molar-refractivity contribution < 1.29 is 70.5 Å². The fourth-order valence-corrected chi connectivity index (χ4v) is 2.37. The molecule has 0 aromatic rings. The molecule has 0 fully saturated rings. The van der Waals surface area contributed by atoms with Gasteiger partial charge in [-0.05, 0) is 0 Å². The van der Waals surface area contributed by atoms with E-state index >= 15 is 0 Å². The van der Waals surface area contributed by atoms with Gasteiger partial charge in [0.25, 0.3) is 0 Å². The Morgan fingerprint density at radius 3 is 1.00 bits per heavy atom. The van der Waals surface area contributed by atoms with Crippen molar-refractivity contribution in [3.63, 3.8) is 0 Å². The van der Waals surface area contributed by atoms with E-state index in [1.807, 2.05) is 0 Å². The Morgan fingerprint density at radius 2 is 0.818 bits per heavy atom. The Hall–Kier alpha value is 0.703. The van der Waals surface area contributed by atoms with Crippen LogP contribution in [0.3, 0.4) is 0 Å². The van der Waals surface area contributed by atoms with Crippen molar-refractivity contribution in [1.29, 1.82) is 0 Å². The maximum Gasteiger partial charge on any atom is 2.00 e. The van der Waals surface area contributed by atoms with E-state index < -0.39 is 62.0 Å². The Balaban J connectivity index is -0.000000529. The Morgan fingerprint density at radius 1 is 0.606 bits per heavy atom. The van der Waals surface area contributed by atoms with Gasteiger partial charge in [0.15, 0.2) is 0 Å². The molecule has 0 rings (SSSR count). The molecule has 192 valence electrons. The summed E-state index contributed by atoms with van der Waals surface area (Å²) in [5, 5.41) is 91.8. The van der Waals surface area contributed by atoms with Gasteiger partial charge in [-0.2, -0.15) is 0 Å². The third-order valence-corrected chi connectivity index (χ3v) is 5.53. The van der Waals surface area contributed by atoms with Crippen LogP contribution in [0.15, 0.2) is 0 Å². The number of aliphatic hydroxyl groups is 10. The van der Waals surface area contributed by atoms with E-state index in [-0.39, 0.29) is 41.2 Å². The third-order valence-electron chi connectivity index (χ3n) is 4.23. The number of thiol groups is 2. The van der Waals surface area contributed by atoms with Gasteiger partial charge in [-0.3, -0.25) is 0 Å². The molecule has 0 saturated heterocycles. The predicted octanol–water partition coefficient (Wildman–Crippen LogP) is -4.86. The van der Waals surface area contributed by atoms with E-state index in [1.165, 1.54) is 9.80 Å². The van der Waals surface area contributed by atoms with Crippen molar-refractivity contribution in [3.05, 3.63) is 0 Å². The zero-order valence-electron chi connectivity index (χ0n) is 18.2. The van der Waals surface area contributed by atoms with Crippen molar-refractivity contribution in [2.45, 2.75) is 48.8 Å². The van der Waals surface area contributed by atoms with Crippen molar-refractivity contribution in [1.82, 2.24) is 9.80 Å². The van der Waals surface area contributed by atoms with Gasteiger partial charge in [-0.25, -0.2) is 0 Å². The van der Waals surface area contributed by atoms with Crippen molar-refractivity contribution in [2.24, 2.45) is 0 Å². The molecule has 0 heterocycles. The molecule has 0 bridgehead atoms. The maximum absolute atomic E-state index is 9.51. The summed E-state index contributed by atoms with van der Waals surface area (Å²) in [6.07, 6.45) is -12.0. The Labute approximate surface area is 227 Å². The molecule has 0 aromatic heterocycles. The number of thiocarbonyl (C=S) groups is 2. The third kappa shape index (κ3) is 15.4. The summed E-state index contributed by atoms with van der Waals surface area (Å²) < 4.78 is 0.451. The van der Waals surface area contributed by atoms with Crippen LogP contribution in [-0.2, 0) is 19.5 Å². The van der Waals surface area contributed by atoms with E-state index in [9.17, 15) is 30.6 Å². The molecule has 0 saturated carbocycles. The second kappa shape index (κ2) is 19.8. The Kier molecular flexibility index (Phi) is 23.0. The standard InChI is InChI=1S/2C8H17NO5S2.Zn/c2*1-9(8(15)16)2-4(11)6(13)7(14)5(12)3-10;/h2*4-7,10-14H,2-3H2,1H3,(H,15,16);/q;;+2. The van der Waals surface area contributed by atoms with Gasteiger partial charge in [-0.15, -0.1) is 25.3 Å².